The average molecular weight is 155 g/mol. The smallest absolute Gasteiger partial charge is 0.0936 e. The Kier molecular flexibility index (Phi) is 2.49. The minimum Gasteiger partial charge on any atom is -0.371 e. The lowest BCUT2D eigenvalue weighted by molar-refractivity contribution is 0.281. The van der Waals surface area contributed by atoms with Crippen LogP contribution in [0.2, 0.25) is 0 Å². The molecule has 3 heteroatoms. The van der Waals surface area contributed by atoms with Gasteiger partial charge in [0.05, 0.1) is 5.84 Å². The second-order valence-corrected chi connectivity index (χ2v) is 3.49. The summed E-state index contributed by atoms with van der Waals surface area (Å²) in [5, 5.41) is 10.6. The SMILES string of the molecule is CC1NC(=N)C[C@H](C)[C@@H]1CN. The Morgan fingerprint density at radius 1 is 1.64 bits per heavy atom. The van der Waals surface area contributed by atoms with Gasteiger partial charge < -0.3 is 11.1 Å². The summed E-state index contributed by atoms with van der Waals surface area (Å²) < 4.78 is 0. The maximum Gasteiger partial charge on any atom is 0.0936 e. The van der Waals surface area contributed by atoms with Gasteiger partial charge >= 0.3 is 0 Å². The molecule has 0 amide bonds. The fourth-order valence-corrected chi connectivity index (χ4v) is 1.84. The number of amidine groups is 1. The molecule has 0 aromatic heterocycles. The van der Waals surface area contributed by atoms with Crippen molar-refractivity contribution in [3.05, 3.63) is 0 Å². The Hall–Kier alpha value is -0.570. The number of piperidine rings is 1. The van der Waals surface area contributed by atoms with Gasteiger partial charge in [0.25, 0.3) is 0 Å². The molecule has 3 nitrogen and oxygen atoms in total. The monoisotopic (exact) mass is 155 g/mol. The van der Waals surface area contributed by atoms with E-state index in [-0.39, 0.29) is 0 Å². The van der Waals surface area contributed by atoms with E-state index in [1.165, 1.54) is 0 Å². The van der Waals surface area contributed by atoms with Crippen LogP contribution in [0, 0.1) is 17.2 Å². The predicted octanol–water partition coefficient (Wildman–Crippen LogP) is 0.556. The molecule has 64 valence electrons. The van der Waals surface area contributed by atoms with Crippen molar-refractivity contribution in [2.24, 2.45) is 17.6 Å². The van der Waals surface area contributed by atoms with Crippen molar-refractivity contribution in [1.82, 2.24) is 5.32 Å². The van der Waals surface area contributed by atoms with Gasteiger partial charge in [0.15, 0.2) is 0 Å². The molecule has 1 unspecified atom stereocenters. The molecule has 1 rings (SSSR count). The van der Waals surface area contributed by atoms with E-state index in [0.29, 0.717) is 23.7 Å². The van der Waals surface area contributed by atoms with Crippen LogP contribution in [-0.4, -0.2) is 18.4 Å². The standard InChI is InChI=1S/C8H17N3/c1-5-3-8(10)11-6(2)7(5)4-9/h5-7H,3-4,9H2,1-2H3,(H2,10,11)/t5-,6?,7-/m0/s1. The molecule has 0 saturated carbocycles. The highest BCUT2D eigenvalue weighted by molar-refractivity contribution is 5.80. The van der Waals surface area contributed by atoms with Crippen molar-refractivity contribution in [3.63, 3.8) is 0 Å². The molecule has 1 heterocycles. The van der Waals surface area contributed by atoms with Crippen molar-refractivity contribution in [3.8, 4) is 0 Å². The summed E-state index contributed by atoms with van der Waals surface area (Å²) in [5.41, 5.74) is 5.62. The summed E-state index contributed by atoms with van der Waals surface area (Å²) in [6.45, 7) is 4.99. The normalized spacial score (nSPS) is 38.5. The number of hydrogen-bond donors (Lipinski definition) is 3. The van der Waals surface area contributed by atoms with Crippen LogP contribution < -0.4 is 11.1 Å². The van der Waals surface area contributed by atoms with Crippen LogP contribution in [0.25, 0.3) is 0 Å². The largest absolute Gasteiger partial charge is 0.371 e. The van der Waals surface area contributed by atoms with E-state index in [2.05, 4.69) is 19.2 Å². The number of nitrogens with two attached hydrogens (primary N) is 1. The fourth-order valence-electron chi connectivity index (χ4n) is 1.84. The summed E-state index contributed by atoms with van der Waals surface area (Å²) in [5.74, 6) is 1.75. The Bertz CT molecular complexity index is 141. The van der Waals surface area contributed by atoms with Crippen molar-refractivity contribution < 1.29 is 0 Å². The zero-order valence-electron chi connectivity index (χ0n) is 7.22. The molecule has 0 aliphatic carbocycles. The molecule has 1 aliphatic heterocycles. The zero-order valence-corrected chi connectivity index (χ0v) is 7.22. The molecule has 0 spiro atoms. The van der Waals surface area contributed by atoms with Crippen molar-refractivity contribution >= 4 is 5.84 Å². The van der Waals surface area contributed by atoms with E-state index in [1.54, 1.807) is 0 Å². The van der Waals surface area contributed by atoms with Crippen molar-refractivity contribution in [2.75, 3.05) is 6.54 Å². The maximum absolute atomic E-state index is 7.46. The third kappa shape index (κ3) is 1.71. The minimum absolute atomic E-state index is 0.372. The van der Waals surface area contributed by atoms with E-state index in [4.69, 9.17) is 11.1 Å². The van der Waals surface area contributed by atoms with Gasteiger partial charge in [-0.3, -0.25) is 5.41 Å². The first-order valence-electron chi connectivity index (χ1n) is 4.19. The lowest BCUT2D eigenvalue weighted by Gasteiger charge is -2.35. The Morgan fingerprint density at radius 3 is 2.73 bits per heavy atom. The van der Waals surface area contributed by atoms with Crippen molar-refractivity contribution in [2.45, 2.75) is 26.3 Å². The van der Waals surface area contributed by atoms with E-state index in [0.717, 1.165) is 13.0 Å². The van der Waals surface area contributed by atoms with Crippen LogP contribution in [-0.2, 0) is 0 Å². The quantitative estimate of drug-likeness (QED) is 0.518. The molecule has 0 aromatic carbocycles. The van der Waals surface area contributed by atoms with Gasteiger partial charge in [-0.05, 0) is 25.3 Å². The van der Waals surface area contributed by atoms with Gasteiger partial charge in [-0.2, -0.15) is 0 Å². The Labute approximate surface area is 67.9 Å². The minimum atomic E-state index is 0.372. The maximum atomic E-state index is 7.46. The van der Waals surface area contributed by atoms with Crippen LogP contribution in [0.15, 0.2) is 0 Å². The van der Waals surface area contributed by atoms with E-state index >= 15 is 0 Å². The third-order valence-corrected chi connectivity index (χ3v) is 2.57. The van der Waals surface area contributed by atoms with Gasteiger partial charge in [-0.15, -0.1) is 0 Å². The first-order chi connectivity index (χ1) is 5.15. The van der Waals surface area contributed by atoms with Crippen molar-refractivity contribution in [1.29, 1.82) is 5.41 Å². The first kappa shape index (κ1) is 8.53. The number of rotatable bonds is 1. The zero-order chi connectivity index (χ0) is 8.43. The van der Waals surface area contributed by atoms with Crippen LogP contribution in [0.5, 0.6) is 0 Å². The predicted molar refractivity (Wildman–Crippen MR) is 46.6 cm³/mol. The van der Waals surface area contributed by atoms with Gasteiger partial charge in [0, 0.05) is 12.5 Å². The first-order valence-corrected chi connectivity index (χ1v) is 4.19. The lowest BCUT2D eigenvalue weighted by atomic mass is 9.82. The van der Waals surface area contributed by atoms with Gasteiger partial charge in [0.1, 0.15) is 0 Å². The van der Waals surface area contributed by atoms with Gasteiger partial charge in [0.2, 0.25) is 0 Å². The molecular formula is C8H17N3. The molecule has 1 saturated heterocycles. The second kappa shape index (κ2) is 3.22. The molecule has 0 aromatic rings. The lowest BCUT2D eigenvalue weighted by Crippen LogP contribution is -2.49. The molecule has 0 bridgehead atoms. The fraction of sp³-hybridized carbons (Fsp3) is 0.875. The van der Waals surface area contributed by atoms with Gasteiger partial charge in [-0.1, -0.05) is 6.92 Å². The molecule has 0 radical (unpaired) electrons. The van der Waals surface area contributed by atoms with Gasteiger partial charge in [-0.25, -0.2) is 0 Å². The molecule has 4 N–H and O–H groups in total. The molecule has 1 fully saturated rings. The Morgan fingerprint density at radius 2 is 2.27 bits per heavy atom. The van der Waals surface area contributed by atoms with E-state index in [9.17, 15) is 0 Å². The average Bonchev–Trinajstić information content (AvgIpc) is 1.85. The summed E-state index contributed by atoms with van der Waals surface area (Å²) in [6.07, 6.45) is 0.853. The highest BCUT2D eigenvalue weighted by Crippen LogP contribution is 2.22. The topological polar surface area (TPSA) is 61.9 Å². The van der Waals surface area contributed by atoms with E-state index < -0.39 is 0 Å². The summed E-state index contributed by atoms with van der Waals surface area (Å²) in [6, 6.07) is 0.372. The summed E-state index contributed by atoms with van der Waals surface area (Å²) in [7, 11) is 0. The van der Waals surface area contributed by atoms with Crippen LogP contribution in [0.4, 0.5) is 0 Å². The van der Waals surface area contributed by atoms with E-state index in [1.807, 2.05) is 0 Å². The molecule has 1 aliphatic rings. The molecular weight excluding hydrogens is 138 g/mol. The Balaban J connectivity index is 2.58. The highest BCUT2D eigenvalue weighted by atomic mass is 15.0. The second-order valence-electron chi connectivity index (χ2n) is 3.49. The summed E-state index contributed by atoms with van der Waals surface area (Å²) >= 11 is 0. The highest BCUT2D eigenvalue weighted by Gasteiger charge is 2.28. The van der Waals surface area contributed by atoms with Crippen LogP contribution >= 0.6 is 0 Å². The van der Waals surface area contributed by atoms with Crippen LogP contribution in [0.1, 0.15) is 20.3 Å². The molecule has 11 heavy (non-hydrogen) atoms. The number of hydrogen-bond acceptors (Lipinski definition) is 2. The number of nitrogens with one attached hydrogen (secondary N) is 2. The third-order valence-electron chi connectivity index (χ3n) is 2.57. The van der Waals surface area contributed by atoms with Crippen LogP contribution in [0.3, 0.4) is 0 Å². The molecule has 3 atom stereocenters. The summed E-state index contributed by atoms with van der Waals surface area (Å²) in [4.78, 5) is 0.